The minimum atomic E-state index is 0.201. The third kappa shape index (κ3) is 7.47. The van der Waals surface area contributed by atoms with Gasteiger partial charge in [-0.1, -0.05) is 35.5 Å². The van der Waals surface area contributed by atoms with Gasteiger partial charge in [0.2, 0.25) is 0 Å². The van der Waals surface area contributed by atoms with Crippen LogP contribution >= 0.6 is 0 Å². The zero-order chi connectivity index (χ0) is 12.6. The summed E-state index contributed by atoms with van der Waals surface area (Å²) in [6, 6.07) is 0. The van der Waals surface area contributed by atoms with E-state index in [4.69, 9.17) is 5.11 Å². The summed E-state index contributed by atoms with van der Waals surface area (Å²) in [6.07, 6.45) is 7.63. The van der Waals surface area contributed by atoms with Gasteiger partial charge in [0.05, 0.1) is 0 Å². The molecule has 0 amide bonds. The second-order valence-corrected chi connectivity index (χ2v) is 4.83. The molecule has 92 valence electrons. The monoisotopic (exact) mass is 222 g/mol. The second-order valence-electron chi connectivity index (χ2n) is 4.83. The summed E-state index contributed by atoms with van der Waals surface area (Å²) < 4.78 is 0. The summed E-state index contributed by atoms with van der Waals surface area (Å²) in [5.41, 5.74) is 3.84. The van der Waals surface area contributed by atoms with Crippen molar-refractivity contribution < 1.29 is 5.11 Å². The Balaban J connectivity index is 4.03. The number of aliphatic hydroxyl groups excluding tert-OH is 1. The standard InChI is InChI=1S/C15H26O/c1-12(2)7-6-8-14(5)9-10-15(11-16)13(3)4/h7,9,15-16H,3,6,8,10-11H2,1-2,4-5H3/t15-/m0/s1. The first kappa shape index (κ1) is 15.2. The average Bonchev–Trinajstić information content (AvgIpc) is 2.17. The van der Waals surface area contributed by atoms with Gasteiger partial charge in [0.15, 0.2) is 0 Å². The number of aliphatic hydroxyl groups is 1. The molecule has 0 aromatic carbocycles. The van der Waals surface area contributed by atoms with Crippen LogP contribution in [0, 0.1) is 5.92 Å². The molecule has 16 heavy (non-hydrogen) atoms. The summed E-state index contributed by atoms with van der Waals surface area (Å²) in [7, 11) is 0. The van der Waals surface area contributed by atoms with Crippen LogP contribution in [0.5, 0.6) is 0 Å². The van der Waals surface area contributed by atoms with Crippen LogP contribution in [0.25, 0.3) is 0 Å². The molecule has 0 radical (unpaired) electrons. The van der Waals surface area contributed by atoms with E-state index in [1.165, 1.54) is 11.1 Å². The van der Waals surface area contributed by atoms with Crippen molar-refractivity contribution in [3.63, 3.8) is 0 Å². The first-order valence-corrected chi connectivity index (χ1v) is 6.02. The molecule has 0 unspecified atom stereocenters. The first-order chi connectivity index (χ1) is 7.47. The van der Waals surface area contributed by atoms with Gasteiger partial charge >= 0.3 is 0 Å². The van der Waals surface area contributed by atoms with E-state index in [1.54, 1.807) is 0 Å². The number of allylic oxidation sites excluding steroid dienone is 4. The molecule has 0 aliphatic carbocycles. The molecule has 1 heteroatoms. The molecule has 0 saturated carbocycles. The maximum Gasteiger partial charge on any atom is 0.0499 e. The first-order valence-electron chi connectivity index (χ1n) is 6.02. The Morgan fingerprint density at radius 1 is 1.19 bits per heavy atom. The van der Waals surface area contributed by atoms with Gasteiger partial charge in [-0.2, -0.15) is 0 Å². The Hall–Kier alpha value is -0.820. The SMILES string of the molecule is C=C(C)[C@H](CO)CC=C(C)CCC=C(C)C. The van der Waals surface area contributed by atoms with E-state index in [2.05, 4.69) is 39.5 Å². The van der Waals surface area contributed by atoms with Crippen molar-refractivity contribution in [2.45, 2.75) is 47.0 Å². The van der Waals surface area contributed by atoms with E-state index in [-0.39, 0.29) is 12.5 Å². The van der Waals surface area contributed by atoms with Crippen LogP contribution in [0.15, 0.2) is 35.5 Å². The molecule has 0 heterocycles. The minimum absolute atomic E-state index is 0.201. The summed E-state index contributed by atoms with van der Waals surface area (Å²) in [6.45, 7) is 12.5. The lowest BCUT2D eigenvalue weighted by molar-refractivity contribution is 0.247. The summed E-state index contributed by atoms with van der Waals surface area (Å²) >= 11 is 0. The number of hydrogen-bond donors (Lipinski definition) is 1. The zero-order valence-electron chi connectivity index (χ0n) is 11.2. The van der Waals surface area contributed by atoms with E-state index in [9.17, 15) is 0 Å². The molecular weight excluding hydrogens is 196 g/mol. The summed E-state index contributed by atoms with van der Waals surface area (Å²) in [5, 5.41) is 9.16. The highest BCUT2D eigenvalue weighted by Crippen LogP contribution is 2.16. The molecule has 0 aromatic rings. The number of hydrogen-bond acceptors (Lipinski definition) is 1. The molecule has 1 N–H and O–H groups in total. The highest BCUT2D eigenvalue weighted by molar-refractivity contribution is 5.06. The Morgan fingerprint density at radius 3 is 2.25 bits per heavy atom. The summed E-state index contributed by atoms with van der Waals surface area (Å²) in [5.74, 6) is 0.221. The van der Waals surface area contributed by atoms with Crippen LogP contribution < -0.4 is 0 Å². The van der Waals surface area contributed by atoms with Gasteiger partial charge in [0.25, 0.3) is 0 Å². The minimum Gasteiger partial charge on any atom is -0.396 e. The fraction of sp³-hybridized carbons (Fsp3) is 0.600. The Labute approximate surface area is 101 Å². The largest absolute Gasteiger partial charge is 0.396 e. The Bertz CT molecular complexity index is 267. The van der Waals surface area contributed by atoms with Gasteiger partial charge in [-0.15, -0.1) is 0 Å². The molecule has 0 aliphatic heterocycles. The molecule has 0 spiro atoms. The average molecular weight is 222 g/mol. The Morgan fingerprint density at radius 2 is 1.81 bits per heavy atom. The molecular formula is C15H26O. The Kier molecular flexibility index (Phi) is 7.92. The molecule has 0 rings (SSSR count). The van der Waals surface area contributed by atoms with Crippen molar-refractivity contribution in [2.24, 2.45) is 5.92 Å². The summed E-state index contributed by atoms with van der Waals surface area (Å²) in [4.78, 5) is 0. The van der Waals surface area contributed by atoms with Gasteiger partial charge in [-0.05, 0) is 47.0 Å². The second kappa shape index (κ2) is 8.35. The molecule has 0 saturated heterocycles. The van der Waals surface area contributed by atoms with Gasteiger partial charge < -0.3 is 5.11 Å². The van der Waals surface area contributed by atoms with Crippen molar-refractivity contribution >= 4 is 0 Å². The van der Waals surface area contributed by atoms with Crippen LogP contribution in [-0.4, -0.2) is 11.7 Å². The highest BCUT2D eigenvalue weighted by Gasteiger charge is 2.05. The molecule has 0 fully saturated rings. The lowest BCUT2D eigenvalue weighted by Crippen LogP contribution is -2.05. The van der Waals surface area contributed by atoms with Gasteiger partial charge in [-0.3, -0.25) is 0 Å². The fourth-order valence-electron chi connectivity index (χ4n) is 1.47. The maximum atomic E-state index is 9.16. The smallest absolute Gasteiger partial charge is 0.0499 e. The fourth-order valence-corrected chi connectivity index (χ4v) is 1.47. The maximum absolute atomic E-state index is 9.16. The topological polar surface area (TPSA) is 20.2 Å². The predicted molar refractivity (Wildman–Crippen MR) is 72.4 cm³/mol. The van der Waals surface area contributed by atoms with E-state index >= 15 is 0 Å². The molecule has 1 atom stereocenters. The third-order valence-electron chi connectivity index (χ3n) is 2.76. The van der Waals surface area contributed by atoms with Crippen LogP contribution in [0.2, 0.25) is 0 Å². The van der Waals surface area contributed by atoms with Crippen LogP contribution in [-0.2, 0) is 0 Å². The molecule has 0 bridgehead atoms. The highest BCUT2D eigenvalue weighted by atomic mass is 16.3. The molecule has 0 aliphatic rings. The number of rotatable bonds is 7. The van der Waals surface area contributed by atoms with E-state index in [1.807, 2.05) is 6.92 Å². The molecule has 0 aromatic heterocycles. The van der Waals surface area contributed by atoms with Crippen LogP contribution in [0.1, 0.15) is 47.0 Å². The lowest BCUT2D eigenvalue weighted by Gasteiger charge is -2.11. The van der Waals surface area contributed by atoms with Crippen molar-refractivity contribution in [2.75, 3.05) is 6.61 Å². The van der Waals surface area contributed by atoms with E-state index in [0.717, 1.165) is 24.8 Å². The normalized spacial score (nSPS) is 13.4. The van der Waals surface area contributed by atoms with Crippen molar-refractivity contribution in [1.82, 2.24) is 0 Å². The van der Waals surface area contributed by atoms with Crippen LogP contribution in [0.4, 0.5) is 0 Å². The van der Waals surface area contributed by atoms with Gasteiger partial charge in [0, 0.05) is 12.5 Å². The van der Waals surface area contributed by atoms with Gasteiger partial charge in [0.1, 0.15) is 0 Å². The van der Waals surface area contributed by atoms with E-state index in [0.29, 0.717) is 0 Å². The lowest BCUT2D eigenvalue weighted by atomic mass is 9.97. The van der Waals surface area contributed by atoms with Crippen molar-refractivity contribution in [3.05, 3.63) is 35.5 Å². The van der Waals surface area contributed by atoms with Crippen molar-refractivity contribution in [3.8, 4) is 0 Å². The third-order valence-corrected chi connectivity index (χ3v) is 2.76. The predicted octanol–water partition coefficient (Wildman–Crippen LogP) is 4.25. The molecule has 1 nitrogen and oxygen atoms in total. The van der Waals surface area contributed by atoms with E-state index < -0.39 is 0 Å². The van der Waals surface area contributed by atoms with Gasteiger partial charge in [-0.25, -0.2) is 0 Å². The van der Waals surface area contributed by atoms with Crippen molar-refractivity contribution in [1.29, 1.82) is 0 Å². The van der Waals surface area contributed by atoms with Crippen LogP contribution in [0.3, 0.4) is 0 Å². The zero-order valence-corrected chi connectivity index (χ0v) is 11.2. The quantitative estimate of drug-likeness (QED) is 0.638.